The second kappa shape index (κ2) is 7.45. The molecule has 0 aromatic heterocycles. The van der Waals surface area contributed by atoms with Gasteiger partial charge in [-0.25, -0.2) is 0 Å². The number of anilines is 1. The smallest absolute Gasteiger partial charge is 0.311 e. The van der Waals surface area contributed by atoms with E-state index in [1.807, 2.05) is 19.1 Å². The topological polar surface area (TPSA) is 75.6 Å². The Morgan fingerprint density at radius 2 is 1.70 bits per heavy atom. The Hall–Kier alpha value is -2.82. The van der Waals surface area contributed by atoms with Gasteiger partial charge in [0.25, 0.3) is 5.91 Å². The van der Waals surface area contributed by atoms with Crippen LogP contribution in [0.1, 0.15) is 18.1 Å². The first-order chi connectivity index (χ1) is 10.9. The summed E-state index contributed by atoms with van der Waals surface area (Å²) in [5.74, 6) is -0.747. The average molecular weight is 313 g/mol. The number of amides is 1. The molecule has 0 aliphatic carbocycles. The van der Waals surface area contributed by atoms with Gasteiger partial charge in [-0.1, -0.05) is 29.8 Å². The first-order valence-corrected chi connectivity index (χ1v) is 7.29. The first-order valence-electron chi connectivity index (χ1n) is 7.29. The molecule has 0 unspecified atom stereocenters. The van der Waals surface area contributed by atoms with Crippen LogP contribution in [0.3, 0.4) is 0 Å². The summed E-state index contributed by atoms with van der Waals surface area (Å²) in [7, 11) is 0. The first kappa shape index (κ1) is 16.5. The number of esters is 1. The number of phenols is 1. The zero-order chi connectivity index (χ0) is 16.8. The molecule has 0 aliphatic rings. The minimum absolute atomic E-state index is 0.0441. The summed E-state index contributed by atoms with van der Waals surface area (Å²) in [4.78, 5) is 23.9. The van der Waals surface area contributed by atoms with Crippen LogP contribution in [0.15, 0.2) is 48.5 Å². The van der Waals surface area contributed by atoms with Gasteiger partial charge < -0.3 is 15.2 Å². The molecule has 2 aromatic carbocycles. The third-order valence-corrected chi connectivity index (χ3v) is 3.28. The molecule has 23 heavy (non-hydrogen) atoms. The fourth-order valence-corrected chi connectivity index (χ4v) is 1.95. The van der Waals surface area contributed by atoms with Crippen molar-refractivity contribution < 1.29 is 19.4 Å². The second-order valence-electron chi connectivity index (χ2n) is 5.33. The minimum Gasteiger partial charge on any atom is -0.508 e. The Bertz CT molecular complexity index is 677. The lowest BCUT2D eigenvalue weighted by Gasteiger charge is -2.13. The quantitative estimate of drug-likeness (QED) is 0.832. The van der Waals surface area contributed by atoms with Crippen molar-refractivity contribution in [3.63, 3.8) is 0 Å². The van der Waals surface area contributed by atoms with E-state index < -0.39 is 12.1 Å². The Labute approximate surface area is 134 Å². The molecule has 5 heteroatoms. The second-order valence-corrected chi connectivity index (χ2v) is 5.33. The highest BCUT2D eigenvalue weighted by Gasteiger charge is 2.18. The molecule has 0 saturated heterocycles. The number of aryl methyl sites for hydroxylation is 1. The largest absolute Gasteiger partial charge is 0.508 e. The Balaban J connectivity index is 1.86. The SMILES string of the molecule is Cc1ccc(NC(=O)[C@H](C)OC(=O)Cc2ccc(O)cc2)cc1. The number of carbonyl (C=O) groups excluding carboxylic acids is 2. The Morgan fingerprint density at radius 1 is 1.09 bits per heavy atom. The van der Waals surface area contributed by atoms with Crippen LogP contribution in [0.5, 0.6) is 5.75 Å². The predicted molar refractivity (Wildman–Crippen MR) is 87.2 cm³/mol. The highest BCUT2D eigenvalue weighted by Crippen LogP contribution is 2.12. The van der Waals surface area contributed by atoms with Gasteiger partial charge in [0.2, 0.25) is 0 Å². The van der Waals surface area contributed by atoms with Gasteiger partial charge in [-0.05, 0) is 43.7 Å². The molecule has 2 rings (SSSR count). The summed E-state index contributed by atoms with van der Waals surface area (Å²) in [6.45, 7) is 3.48. The van der Waals surface area contributed by atoms with Crippen molar-refractivity contribution in [1.29, 1.82) is 0 Å². The molecule has 0 bridgehead atoms. The zero-order valence-electron chi connectivity index (χ0n) is 13.1. The van der Waals surface area contributed by atoms with Gasteiger partial charge in [-0.15, -0.1) is 0 Å². The molecule has 0 heterocycles. The van der Waals surface area contributed by atoms with Crippen LogP contribution >= 0.6 is 0 Å². The number of hydrogen-bond acceptors (Lipinski definition) is 4. The number of nitrogens with one attached hydrogen (secondary N) is 1. The summed E-state index contributed by atoms with van der Waals surface area (Å²) < 4.78 is 5.13. The highest BCUT2D eigenvalue weighted by atomic mass is 16.5. The maximum atomic E-state index is 12.0. The molecule has 2 aromatic rings. The van der Waals surface area contributed by atoms with Crippen LogP contribution < -0.4 is 5.32 Å². The molecule has 0 saturated carbocycles. The monoisotopic (exact) mass is 313 g/mol. The van der Waals surface area contributed by atoms with E-state index in [0.29, 0.717) is 11.3 Å². The van der Waals surface area contributed by atoms with E-state index in [9.17, 15) is 14.7 Å². The van der Waals surface area contributed by atoms with Gasteiger partial charge in [-0.3, -0.25) is 9.59 Å². The van der Waals surface area contributed by atoms with Crippen molar-refractivity contribution in [2.75, 3.05) is 5.32 Å². The summed E-state index contributed by atoms with van der Waals surface area (Å²) in [6.07, 6.45) is -0.844. The van der Waals surface area contributed by atoms with Crippen LogP contribution in [0.4, 0.5) is 5.69 Å². The number of ether oxygens (including phenoxy) is 1. The van der Waals surface area contributed by atoms with E-state index in [1.165, 1.54) is 19.1 Å². The standard InChI is InChI=1S/C18H19NO4/c1-12-3-7-15(8-4-12)19-18(22)13(2)23-17(21)11-14-5-9-16(20)10-6-14/h3-10,13,20H,11H2,1-2H3,(H,19,22)/t13-/m0/s1. The van der Waals surface area contributed by atoms with E-state index in [0.717, 1.165) is 5.56 Å². The van der Waals surface area contributed by atoms with Crippen molar-refractivity contribution in [2.45, 2.75) is 26.4 Å². The number of carbonyl (C=O) groups is 2. The summed E-state index contributed by atoms with van der Waals surface area (Å²) in [6, 6.07) is 13.6. The normalized spacial score (nSPS) is 11.6. The lowest BCUT2D eigenvalue weighted by atomic mass is 10.1. The molecule has 0 fully saturated rings. The molecule has 5 nitrogen and oxygen atoms in total. The maximum Gasteiger partial charge on any atom is 0.311 e. The highest BCUT2D eigenvalue weighted by molar-refractivity contribution is 5.95. The van der Waals surface area contributed by atoms with Crippen molar-refractivity contribution >= 4 is 17.6 Å². The van der Waals surface area contributed by atoms with E-state index in [1.54, 1.807) is 24.3 Å². The van der Waals surface area contributed by atoms with Crippen LogP contribution in [0, 0.1) is 6.92 Å². The molecule has 0 radical (unpaired) electrons. The molecule has 1 atom stereocenters. The van der Waals surface area contributed by atoms with E-state index in [2.05, 4.69) is 5.32 Å². The van der Waals surface area contributed by atoms with Gasteiger partial charge >= 0.3 is 5.97 Å². The van der Waals surface area contributed by atoms with E-state index >= 15 is 0 Å². The third kappa shape index (κ3) is 5.14. The molecule has 2 N–H and O–H groups in total. The fraction of sp³-hybridized carbons (Fsp3) is 0.222. The molecule has 0 spiro atoms. The van der Waals surface area contributed by atoms with E-state index in [4.69, 9.17) is 4.74 Å². The van der Waals surface area contributed by atoms with Gasteiger partial charge in [-0.2, -0.15) is 0 Å². The summed E-state index contributed by atoms with van der Waals surface area (Å²) in [5.41, 5.74) is 2.46. The van der Waals surface area contributed by atoms with Crippen LogP contribution in [-0.2, 0) is 20.7 Å². The molecular weight excluding hydrogens is 294 g/mol. The van der Waals surface area contributed by atoms with Crippen molar-refractivity contribution in [2.24, 2.45) is 0 Å². The van der Waals surface area contributed by atoms with Crippen LogP contribution in [0.2, 0.25) is 0 Å². The van der Waals surface area contributed by atoms with Gasteiger partial charge in [0, 0.05) is 5.69 Å². The van der Waals surface area contributed by atoms with Gasteiger partial charge in [0.15, 0.2) is 6.10 Å². The predicted octanol–water partition coefficient (Wildman–Crippen LogP) is 2.81. The number of hydrogen-bond donors (Lipinski definition) is 2. The van der Waals surface area contributed by atoms with Gasteiger partial charge in [0.05, 0.1) is 6.42 Å². The number of rotatable bonds is 5. The number of phenolic OH excluding ortho intramolecular Hbond substituents is 1. The fourth-order valence-electron chi connectivity index (χ4n) is 1.95. The third-order valence-electron chi connectivity index (χ3n) is 3.28. The Kier molecular flexibility index (Phi) is 5.36. The molecule has 1 amide bonds. The van der Waals surface area contributed by atoms with Crippen LogP contribution in [-0.4, -0.2) is 23.1 Å². The summed E-state index contributed by atoms with van der Waals surface area (Å²) in [5, 5.41) is 11.9. The lowest BCUT2D eigenvalue weighted by Crippen LogP contribution is -2.30. The van der Waals surface area contributed by atoms with E-state index in [-0.39, 0.29) is 18.1 Å². The summed E-state index contributed by atoms with van der Waals surface area (Å²) >= 11 is 0. The molecule has 120 valence electrons. The zero-order valence-corrected chi connectivity index (χ0v) is 13.1. The van der Waals surface area contributed by atoms with Gasteiger partial charge in [0.1, 0.15) is 5.75 Å². The van der Waals surface area contributed by atoms with Crippen molar-refractivity contribution in [3.05, 3.63) is 59.7 Å². The van der Waals surface area contributed by atoms with Crippen molar-refractivity contribution in [3.8, 4) is 5.75 Å². The van der Waals surface area contributed by atoms with Crippen LogP contribution in [0.25, 0.3) is 0 Å². The molecule has 0 aliphatic heterocycles. The van der Waals surface area contributed by atoms with Crippen molar-refractivity contribution in [1.82, 2.24) is 0 Å². The number of benzene rings is 2. The minimum atomic E-state index is -0.888. The lowest BCUT2D eigenvalue weighted by molar-refractivity contribution is -0.152. The average Bonchev–Trinajstić information content (AvgIpc) is 2.51. The maximum absolute atomic E-state index is 12.0. The number of aromatic hydroxyl groups is 1. The Morgan fingerprint density at radius 3 is 2.30 bits per heavy atom. The molecular formula is C18H19NO4.